The predicted octanol–water partition coefficient (Wildman–Crippen LogP) is 3.97. The number of carbonyl (C=O) groups is 2. The Hall–Kier alpha value is -3.12. The summed E-state index contributed by atoms with van der Waals surface area (Å²) in [6, 6.07) is 11.4. The van der Waals surface area contributed by atoms with Crippen LogP contribution in [-0.2, 0) is 16.1 Å². The van der Waals surface area contributed by atoms with Crippen LogP contribution in [0, 0.1) is 13.8 Å². The molecule has 0 aliphatic carbocycles. The van der Waals surface area contributed by atoms with E-state index in [1.165, 1.54) is 11.6 Å². The van der Waals surface area contributed by atoms with Gasteiger partial charge in [-0.25, -0.2) is 9.48 Å². The first-order valence-electron chi connectivity index (χ1n) is 8.74. The summed E-state index contributed by atoms with van der Waals surface area (Å²) in [4.78, 5) is 26.5. The Kier molecular flexibility index (Phi) is 6.11. The second kappa shape index (κ2) is 8.71. The van der Waals surface area contributed by atoms with Gasteiger partial charge in [-0.3, -0.25) is 4.79 Å². The van der Waals surface area contributed by atoms with Crippen molar-refractivity contribution in [2.24, 2.45) is 0 Å². The third-order valence-electron chi connectivity index (χ3n) is 4.19. The summed E-state index contributed by atoms with van der Waals surface area (Å²) in [5.74, 6) is -0.923. The summed E-state index contributed by atoms with van der Waals surface area (Å²) in [7, 11) is 0. The summed E-state index contributed by atoms with van der Waals surface area (Å²) in [6.07, 6.45) is 4.43. The zero-order valence-electron chi connectivity index (χ0n) is 15.6. The van der Waals surface area contributed by atoms with Crippen molar-refractivity contribution in [3.8, 4) is 0 Å². The molecule has 6 nitrogen and oxygen atoms in total. The molecule has 2 aromatic heterocycles. The number of hydrogen-bond donors (Lipinski definition) is 1. The third kappa shape index (κ3) is 4.78. The van der Waals surface area contributed by atoms with Gasteiger partial charge in [-0.15, -0.1) is 0 Å². The van der Waals surface area contributed by atoms with Gasteiger partial charge in [0.05, 0.1) is 17.9 Å². The Morgan fingerprint density at radius 1 is 1.21 bits per heavy atom. The standard InChI is InChI=1S/C21H20ClN3O3/c1-14-5-7-16(8-6-14)12-25-21(22)17(15(2)24-25)9-10-20(27)28-13-19(26)18-4-3-11-23-18/h3-11,23H,12-13H2,1-2H3/b10-9+. The zero-order valence-corrected chi connectivity index (χ0v) is 16.4. The van der Waals surface area contributed by atoms with Gasteiger partial charge in [-0.1, -0.05) is 41.4 Å². The van der Waals surface area contributed by atoms with Crippen LogP contribution in [0.15, 0.2) is 48.7 Å². The fraction of sp³-hybridized carbons (Fsp3) is 0.190. The maximum atomic E-state index is 11.9. The number of carbonyl (C=O) groups excluding carboxylic acids is 2. The van der Waals surface area contributed by atoms with Gasteiger partial charge in [0.15, 0.2) is 6.61 Å². The highest BCUT2D eigenvalue weighted by Gasteiger charge is 2.13. The molecule has 3 rings (SSSR count). The van der Waals surface area contributed by atoms with Crippen molar-refractivity contribution in [1.29, 1.82) is 0 Å². The van der Waals surface area contributed by atoms with Crippen LogP contribution in [0.4, 0.5) is 0 Å². The monoisotopic (exact) mass is 397 g/mol. The van der Waals surface area contributed by atoms with E-state index in [1.54, 1.807) is 29.1 Å². The number of aromatic nitrogens is 3. The highest BCUT2D eigenvalue weighted by molar-refractivity contribution is 6.31. The number of ether oxygens (including phenoxy) is 1. The smallest absolute Gasteiger partial charge is 0.331 e. The van der Waals surface area contributed by atoms with Gasteiger partial charge in [0.2, 0.25) is 5.78 Å². The van der Waals surface area contributed by atoms with Crippen LogP contribution in [0.1, 0.15) is 32.9 Å². The Morgan fingerprint density at radius 2 is 1.96 bits per heavy atom. The fourth-order valence-electron chi connectivity index (χ4n) is 2.65. The molecule has 0 aliphatic rings. The largest absolute Gasteiger partial charge is 0.454 e. The number of aromatic amines is 1. The van der Waals surface area contributed by atoms with E-state index in [0.29, 0.717) is 28.6 Å². The molecular formula is C21H20ClN3O3. The van der Waals surface area contributed by atoms with E-state index < -0.39 is 5.97 Å². The van der Waals surface area contributed by atoms with Crippen LogP contribution in [-0.4, -0.2) is 33.1 Å². The van der Waals surface area contributed by atoms with Gasteiger partial charge in [-0.2, -0.15) is 5.10 Å². The lowest BCUT2D eigenvalue weighted by Crippen LogP contribution is -2.12. The van der Waals surface area contributed by atoms with Crippen LogP contribution >= 0.6 is 11.6 Å². The lowest BCUT2D eigenvalue weighted by atomic mass is 10.1. The number of ketones is 1. The van der Waals surface area contributed by atoms with E-state index in [2.05, 4.69) is 10.1 Å². The summed E-state index contributed by atoms with van der Waals surface area (Å²) in [6.45, 7) is 4.05. The quantitative estimate of drug-likeness (QED) is 0.372. The van der Waals surface area contributed by atoms with E-state index in [-0.39, 0.29) is 12.4 Å². The maximum absolute atomic E-state index is 11.9. The van der Waals surface area contributed by atoms with E-state index >= 15 is 0 Å². The first kappa shape index (κ1) is 19.6. The molecule has 1 N–H and O–H groups in total. The predicted molar refractivity (Wildman–Crippen MR) is 107 cm³/mol. The van der Waals surface area contributed by atoms with Gasteiger partial charge in [0.1, 0.15) is 5.15 Å². The Balaban J connectivity index is 1.63. The Bertz CT molecular complexity index is 1000. The van der Waals surface area contributed by atoms with Crippen molar-refractivity contribution < 1.29 is 14.3 Å². The van der Waals surface area contributed by atoms with Crippen LogP contribution in [0.2, 0.25) is 5.15 Å². The molecule has 7 heteroatoms. The molecule has 1 aromatic carbocycles. The van der Waals surface area contributed by atoms with Crippen molar-refractivity contribution in [3.63, 3.8) is 0 Å². The van der Waals surface area contributed by atoms with Gasteiger partial charge in [-0.05, 0) is 37.6 Å². The van der Waals surface area contributed by atoms with Crippen molar-refractivity contribution in [1.82, 2.24) is 14.8 Å². The number of halogens is 1. The summed E-state index contributed by atoms with van der Waals surface area (Å²) >= 11 is 6.43. The van der Waals surface area contributed by atoms with E-state index in [1.807, 2.05) is 38.1 Å². The lowest BCUT2D eigenvalue weighted by Gasteiger charge is -2.04. The van der Waals surface area contributed by atoms with Crippen molar-refractivity contribution >= 4 is 29.4 Å². The molecular weight excluding hydrogens is 378 g/mol. The molecule has 0 bridgehead atoms. The minimum Gasteiger partial charge on any atom is -0.454 e. The number of H-pyrrole nitrogens is 1. The van der Waals surface area contributed by atoms with E-state index in [4.69, 9.17) is 16.3 Å². The number of rotatable bonds is 7. The van der Waals surface area contributed by atoms with Crippen LogP contribution in [0.3, 0.4) is 0 Å². The maximum Gasteiger partial charge on any atom is 0.331 e. The molecule has 0 radical (unpaired) electrons. The highest BCUT2D eigenvalue weighted by atomic mass is 35.5. The number of nitrogens with one attached hydrogen (secondary N) is 1. The second-order valence-corrected chi connectivity index (χ2v) is 6.74. The number of benzene rings is 1. The average molecular weight is 398 g/mol. The second-order valence-electron chi connectivity index (χ2n) is 6.38. The molecule has 0 saturated carbocycles. The Morgan fingerprint density at radius 3 is 2.64 bits per heavy atom. The third-order valence-corrected chi connectivity index (χ3v) is 4.59. The topological polar surface area (TPSA) is 77.0 Å². The van der Waals surface area contributed by atoms with Gasteiger partial charge < -0.3 is 9.72 Å². The first-order valence-corrected chi connectivity index (χ1v) is 9.11. The highest BCUT2D eigenvalue weighted by Crippen LogP contribution is 2.22. The summed E-state index contributed by atoms with van der Waals surface area (Å²) in [5.41, 5.74) is 3.99. The first-order chi connectivity index (χ1) is 13.4. The van der Waals surface area contributed by atoms with Crippen LogP contribution in [0.25, 0.3) is 6.08 Å². The summed E-state index contributed by atoms with van der Waals surface area (Å²) < 4.78 is 6.66. The molecule has 144 valence electrons. The van der Waals surface area contributed by atoms with Crippen molar-refractivity contribution in [2.45, 2.75) is 20.4 Å². The number of aryl methyl sites for hydroxylation is 2. The average Bonchev–Trinajstić information content (AvgIpc) is 3.30. The molecule has 0 spiro atoms. The lowest BCUT2D eigenvalue weighted by molar-refractivity contribution is -0.136. The molecule has 2 heterocycles. The molecule has 0 unspecified atom stereocenters. The van der Waals surface area contributed by atoms with Crippen molar-refractivity contribution in [3.05, 3.63) is 81.9 Å². The summed E-state index contributed by atoms with van der Waals surface area (Å²) in [5, 5.41) is 4.87. The molecule has 0 fully saturated rings. The number of hydrogen-bond acceptors (Lipinski definition) is 4. The number of nitrogens with zero attached hydrogens (tertiary/aromatic N) is 2. The zero-order chi connectivity index (χ0) is 20.1. The number of Topliss-reactive ketones (excluding diaryl/α,β-unsaturated/α-hetero) is 1. The van der Waals surface area contributed by atoms with Crippen LogP contribution in [0.5, 0.6) is 0 Å². The van der Waals surface area contributed by atoms with E-state index in [9.17, 15) is 9.59 Å². The minimum absolute atomic E-state index is 0.299. The fourth-order valence-corrected chi connectivity index (χ4v) is 2.94. The minimum atomic E-state index is -0.623. The molecule has 0 saturated heterocycles. The van der Waals surface area contributed by atoms with Gasteiger partial charge in [0, 0.05) is 17.8 Å². The molecule has 0 amide bonds. The Labute approximate surface area is 167 Å². The SMILES string of the molecule is Cc1ccc(Cn2nc(C)c(/C=C/C(=O)OCC(=O)c3ccc[nH]3)c2Cl)cc1. The van der Waals surface area contributed by atoms with Gasteiger partial charge >= 0.3 is 5.97 Å². The van der Waals surface area contributed by atoms with Crippen LogP contribution < -0.4 is 0 Å². The number of esters is 1. The van der Waals surface area contributed by atoms with Gasteiger partial charge in [0.25, 0.3) is 0 Å². The molecule has 3 aromatic rings. The molecule has 28 heavy (non-hydrogen) atoms. The van der Waals surface area contributed by atoms with E-state index in [0.717, 1.165) is 5.56 Å². The molecule has 0 aliphatic heterocycles. The normalized spacial score (nSPS) is 11.1. The van der Waals surface area contributed by atoms with Crippen molar-refractivity contribution in [2.75, 3.05) is 6.61 Å². The molecule has 0 atom stereocenters.